The van der Waals surface area contributed by atoms with Gasteiger partial charge in [-0.3, -0.25) is 29.1 Å². The predicted octanol–water partition coefficient (Wildman–Crippen LogP) is -0.311. The number of ketones is 1. The van der Waals surface area contributed by atoms with Gasteiger partial charge in [0.1, 0.15) is 11.8 Å². The van der Waals surface area contributed by atoms with E-state index in [1.807, 2.05) is 23.6 Å². The number of rotatable bonds is 7. The normalized spacial score (nSPS) is 20.2. The van der Waals surface area contributed by atoms with Crippen LogP contribution in [0.2, 0.25) is 0 Å². The maximum Gasteiger partial charge on any atom is 0.320 e. The van der Waals surface area contributed by atoms with Crippen molar-refractivity contribution in [2.24, 2.45) is 5.92 Å². The van der Waals surface area contributed by atoms with Crippen LogP contribution in [0.3, 0.4) is 0 Å². The molecule has 1 unspecified atom stereocenters. The van der Waals surface area contributed by atoms with Crippen molar-refractivity contribution in [3.05, 3.63) is 0 Å². The molecular weight excluding hydrogens is 314 g/mol. The summed E-state index contributed by atoms with van der Waals surface area (Å²) >= 11 is 0. The summed E-state index contributed by atoms with van der Waals surface area (Å²) in [4.78, 5) is 39.9. The first-order valence-corrected chi connectivity index (χ1v) is 8.36. The molecule has 0 radical (unpaired) electrons. The van der Waals surface area contributed by atoms with E-state index >= 15 is 0 Å². The molecule has 24 heavy (non-hydrogen) atoms. The molecule has 0 aromatic carbocycles. The van der Waals surface area contributed by atoms with Crippen molar-refractivity contribution in [2.75, 3.05) is 52.4 Å². The second-order valence-corrected chi connectivity index (χ2v) is 6.62. The summed E-state index contributed by atoms with van der Waals surface area (Å²) in [7, 11) is 0. The Kier molecular flexibility index (Phi) is 8.30. The first kappa shape index (κ1) is 20.5. The Labute approximate surface area is 143 Å². The van der Waals surface area contributed by atoms with E-state index in [2.05, 4.69) is 0 Å². The van der Waals surface area contributed by atoms with Gasteiger partial charge < -0.3 is 10.2 Å². The van der Waals surface area contributed by atoms with Gasteiger partial charge in [-0.1, -0.05) is 13.8 Å². The second kappa shape index (κ2) is 9.71. The van der Waals surface area contributed by atoms with Crippen molar-refractivity contribution in [2.45, 2.75) is 26.8 Å². The third-order valence-corrected chi connectivity index (χ3v) is 4.43. The van der Waals surface area contributed by atoms with E-state index in [0.29, 0.717) is 45.8 Å². The van der Waals surface area contributed by atoms with Crippen LogP contribution in [-0.4, -0.2) is 101 Å². The number of hydrogen-bond acceptors (Lipinski definition) is 6. The number of hydrogen-bond donors (Lipinski definition) is 2. The largest absolute Gasteiger partial charge is 0.480 e. The van der Waals surface area contributed by atoms with Gasteiger partial charge in [0.2, 0.25) is 0 Å². The minimum absolute atomic E-state index is 0.0539. The highest BCUT2D eigenvalue weighted by atomic mass is 16.4. The van der Waals surface area contributed by atoms with Gasteiger partial charge in [0.15, 0.2) is 0 Å². The molecule has 1 saturated heterocycles. The van der Waals surface area contributed by atoms with E-state index in [1.54, 1.807) is 11.8 Å². The van der Waals surface area contributed by atoms with Gasteiger partial charge >= 0.3 is 11.9 Å². The highest BCUT2D eigenvalue weighted by Gasteiger charge is 2.25. The van der Waals surface area contributed by atoms with E-state index in [9.17, 15) is 19.5 Å². The minimum Gasteiger partial charge on any atom is -0.480 e. The van der Waals surface area contributed by atoms with E-state index in [0.717, 1.165) is 0 Å². The monoisotopic (exact) mass is 343 g/mol. The summed E-state index contributed by atoms with van der Waals surface area (Å²) in [5.41, 5.74) is 0. The maximum absolute atomic E-state index is 12.0. The predicted molar refractivity (Wildman–Crippen MR) is 89.0 cm³/mol. The first-order valence-electron chi connectivity index (χ1n) is 8.36. The van der Waals surface area contributed by atoms with E-state index in [1.165, 1.54) is 0 Å². The molecule has 1 heterocycles. The van der Waals surface area contributed by atoms with Crippen LogP contribution in [0.25, 0.3) is 0 Å². The molecule has 1 aliphatic heterocycles. The summed E-state index contributed by atoms with van der Waals surface area (Å²) < 4.78 is 0. The number of aliphatic carboxylic acids is 2. The topological polar surface area (TPSA) is 101 Å². The van der Waals surface area contributed by atoms with Crippen LogP contribution in [0.4, 0.5) is 0 Å². The molecule has 0 bridgehead atoms. The average molecular weight is 343 g/mol. The van der Waals surface area contributed by atoms with E-state index < -0.39 is 18.0 Å². The molecule has 0 aliphatic carbocycles. The van der Waals surface area contributed by atoms with Crippen LogP contribution in [0.1, 0.15) is 20.8 Å². The molecule has 0 aromatic rings. The highest BCUT2D eigenvalue weighted by Crippen LogP contribution is 2.06. The zero-order chi connectivity index (χ0) is 18.3. The van der Waals surface area contributed by atoms with Crippen LogP contribution < -0.4 is 0 Å². The molecule has 0 spiro atoms. The lowest BCUT2D eigenvalue weighted by Gasteiger charge is -2.28. The van der Waals surface area contributed by atoms with E-state index in [-0.39, 0.29) is 18.2 Å². The molecule has 0 amide bonds. The molecule has 138 valence electrons. The summed E-state index contributed by atoms with van der Waals surface area (Å²) in [5, 5.41) is 18.3. The molecular formula is C16H29N3O5. The fraction of sp³-hybridized carbons (Fsp3) is 0.812. The van der Waals surface area contributed by atoms with E-state index in [4.69, 9.17) is 5.11 Å². The van der Waals surface area contributed by atoms with Crippen molar-refractivity contribution < 1.29 is 24.6 Å². The minimum atomic E-state index is -0.906. The Morgan fingerprint density at radius 1 is 0.833 bits per heavy atom. The number of nitrogens with zero attached hydrogens (tertiary/aromatic N) is 3. The third kappa shape index (κ3) is 6.94. The van der Waals surface area contributed by atoms with Gasteiger partial charge in [-0.2, -0.15) is 0 Å². The van der Waals surface area contributed by atoms with Crippen molar-refractivity contribution in [3.63, 3.8) is 0 Å². The molecule has 8 nitrogen and oxygen atoms in total. The van der Waals surface area contributed by atoms with Gasteiger partial charge in [-0.25, -0.2) is 0 Å². The van der Waals surface area contributed by atoms with Crippen LogP contribution in [0.5, 0.6) is 0 Å². The van der Waals surface area contributed by atoms with Crippen LogP contribution >= 0.6 is 0 Å². The van der Waals surface area contributed by atoms with Gasteiger partial charge in [0, 0.05) is 45.2 Å². The Bertz CT molecular complexity index is 455. The Hall–Kier alpha value is -1.51. The lowest BCUT2D eigenvalue weighted by molar-refractivity contribution is -0.143. The van der Waals surface area contributed by atoms with Crippen molar-refractivity contribution in [3.8, 4) is 0 Å². The lowest BCUT2D eigenvalue weighted by Crippen LogP contribution is -2.45. The Morgan fingerprint density at radius 2 is 1.29 bits per heavy atom. The number of carboxylic acid groups (broad SMARTS) is 2. The van der Waals surface area contributed by atoms with Gasteiger partial charge in [0.25, 0.3) is 0 Å². The summed E-state index contributed by atoms with van der Waals surface area (Å²) in [6.07, 6.45) is 0. The Balaban J connectivity index is 2.81. The second-order valence-electron chi connectivity index (χ2n) is 6.62. The number of carbonyl (C=O) groups excluding carboxylic acids is 1. The summed E-state index contributed by atoms with van der Waals surface area (Å²) in [6, 6.07) is -0.641. The Morgan fingerprint density at radius 3 is 1.71 bits per heavy atom. The fourth-order valence-electron chi connectivity index (χ4n) is 2.61. The molecule has 2 N–H and O–H groups in total. The fourth-order valence-corrected chi connectivity index (χ4v) is 2.61. The molecule has 1 atom stereocenters. The van der Waals surface area contributed by atoms with Gasteiger partial charge in [0.05, 0.1) is 13.1 Å². The van der Waals surface area contributed by atoms with Crippen LogP contribution in [0.15, 0.2) is 0 Å². The number of Topliss-reactive ketones (excluding diaryl/α,β-unsaturated/α-hetero) is 1. The third-order valence-electron chi connectivity index (χ3n) is 4.43. The first-order chi connectivity index (χ1) is 11.2. The smallest absolute Gasteiger partial charge is 0.320 e. The van der Waals surface area contributed by atoms with Gasteiger partial charge in [-0.05, 0) is 6.92 Å². The van der Waals surface area contributed by atoms with Crippen LogP contribution in [0, 0.1) is 5.92 Å². The average Bonchev–Trinajstić information content (AvgIpc) is 2.58. The standard InChI is InChI=1S/C16H29N3O5/c1-12(2)14(20)10-17-4-5-18(11-15(21)22)7-9-19(8-6-17)13(3)16(23)24/h12-13H,4-11H2,1-3H3,(H,21,22)(H,23,24). The molecule has 1 aliphatic rings. The SMILES string of the molecule is CC(C)C(=O)CN1CCN(CC(=O)O)CCN(C(C)C(=O)O)CC1. The molecule has 1 rings (SSSR count). The molecule has 0 saturated carbocycles. The van der Waals surface area contributed by atoms with Crippen molar-refractivity contribution in [1.82, 2.24) is 14.7 Å². The molecule has 0 aromatic heterocycles. The van der Waals surface area contributed by atoms with Crippen molar-refractivity contribution >= 4 is 17.7 Å². The maximum atomic E-state index is 12.0. The zero-order valence-corrected chi connectivity index (χ0v) is 14.8. The summed E-state index contributed by atoms with van der Waals surface area (Å²) in [5.74, 6) is -1.72. The molecule has 8 heteroatoms. The lowest BCUT2D eigenvalue weighted by atomic mass is 10.1. The van der Waals surface area contributed by atoms with Crippen LogP contribution in [-0.2, 0) is 14.4 Å². The number of carbonyl (C=O) groups is 3. The van der Waals surface area contributed by atoms with Gasteiger partial charge in [-0.15, -0.1) is 0 Å². The zero-order valence-electron chi connectivity index (χ0n) is 14.8. The summed E-state index contributed by atoms with van der Waals surface area (Å²) in [6.45, 7) is 8.84. The molecule has 1 fully saturated rings. The van der Waals surface area contributed by atoms with Crippen molar-refractivity contribution in [1.29, 1.82) is 0 Å². The number of carboxylic acids is 2. The quantitative estimate of drug-likeness (QED) is 0.649. The highest BCUT2D eigenvalue weighted by molar-refractivity contribution is 5.82.